The molecule has 104 valence electrons. The van der Waals surface area contributed by atoms with Crippen molar-refractivity contribution in [1.82, 2.24) is 10.3 Å². The van der Waals surface area contributed by atoms with Crippen LogP contribution in [0.15, 0.2) is 29.4 Å². The highest BCUT2D eigenvalue weighted by molar-refractivity contribution is 7.99. The number of nitrogens with one attached hydrogen (secondary N) is 1. The van der Waals surface area contributed by atoms with Crippen molar-refractivity contribution in [3.8, 4) is 0 Å². The van der Waals surface area contributed by atoms with E-state index in [0.717, 1.165) is 24.4 Å². The lowest BCUT2D eigenvalue weighted by Crippen LogP contribution is -2.56. The average Bonchev–Trinajstić information content (AvgIpc) is 3.28. The van der Waals surface area contributed by atoms with Crippen LogP contribution in [0.2, 0.25) is 0 Å². The molecule has 0 bridgehead atoms. The fraction of sp³-hybridized carbons (Fsp3) is 0.571. The minimum atomic E-state index is -0.564. The summed E-state index contributed by atoms with van der Waals surface area (Å²) >= 11 is 1.60. The van der Waals surface area contributed by atoms with E-state index in [-0.39, 0.29) is 5.97 Å². The highest BCUT2D eigenvalue weighted by atomic mass is 32.2. The summed E-state index contributed by atoms with van der Waals surface area (Å²) in [6.07, 6.45) is 3.95. The Kier molecular flexibility index (Phi) is 4.82. The lowest BCUT2D eigenvalue weighted by Gasteiger charge is -2.31. The Morgan fingerprint density at radius 1 is 1.58 bits per heavy atom. The van der Waals surface area contributed by atoms with Gasteiger partial charge in [0.05, 0.1) is 12.1 Å². The Balaban J connectivity index is 2.10. The van der Waals surface area contributed by atoms with Crippen molar-refractivity contribution in [3.63, 3.8) is 0 Å². The summed E-state index contributed by atoms with van der Waals surface area (Å²) in [6.45, 7) is 2.78. The topological polar surface area (TPSA) is 51.2 Å². The number of hydrogen-bond acceptors (Lipinski definition) is 5. The van der Waals surface area contributed by atoms with Crippen LogP contribution in [-0.2, 0) is 9.53 Å². The van der Waals surface area contributed by atoms with Crippen molar-refractivity contribution in [1.29, 1.82) is 0 Å². The fourth-order valence-electron chi connectivity index (χ4n) is 2.30. The van der Waals surface area contributed by atoms with Gasteiger partial charge in [0.2, 0.25) is 0 Å². The maximum atomic E-state index is 12.2. The zero-order valence-corrected chi connectivity index (χ0v) is 12.2. The number of hydrogen-bond donors (Lipinski definition) is 1. The molecule has 0 aliphatic heterocycles. The molecule has 5 heteroatoms. The lowest BCUT2D eigenvalue weighted by atomic mass is 9.95. The van der Waals surface area contributed by atoms with E-state index in [4.69, 9.17) is 4.74 Å². The number of methoxy groups -OCH3 is 1. The maximum absolute atomic E-state index is 12.2. The molecule has 1 aliphatic carbocycles. The van der Waals surface area contributed by atoms with Crippen LogP contribution in [0.5, 0.6) is 0 Å². The largest absolute Gasteiger partial charge is 0.468 e. The monoisotopic (exact) mass is 280 g/mol. The first kappa shape index (κ1) is 14.3. The third-order valence-corrected chi connectivity index (χ3v) is 4.54. The molecule has 0 aromatic carbocycles. The number of nitrogens with zero attached hydrogens (tertiary/aromatic N) is 1. The molecule has 1 N–H and O–H groups in total. The van der Waals surface area contributed by atoms with Crippen LogP contribution in [0.4, 0.5) is 0 Å². The summed E-state index contributed by atoms with van der Waals surface area (Å²) in [4.78, 5) is 16.5. The summed E-state index contributed by atoms with van der Waals surface area (Å²) in [5.41, 5.74) is -0.564. The quantitative estimate of drug-likeness (QED) is 0.612. The van der Waals surface area contributed by atoms with Crippen molar-refractivity contribution in [2.45, 2.75) is 30.3 Å². The van der Waals surface area contributed by atoms with E-state index in [2.05, 4.69) is 10.3 Å². The first-order valence-corrected chi connectivity index (χ1v) is 7.58. The van der Waals surface area contributed by atoms with E-state index in [1.807, 2.05) is 25.1 Å². The second-order valence-corrected chi connectivity index (χ2v) is 5.72. The van der Waals surface area contributed by atoms with E-state index in [9.17, 15) is 4.79 Å². The van der Waals surface area contributed by atoms with Crippen LogP contribution in [-0.4, -0.2) is 35.9 Å². The first-order chi connectivity index (χ1) is 9.23. The van der Waals surface area contributed by atoms with Crippen LogP contribution in [0, 0.1) is 5.92 Å². The number of esters is 1. The SMILES string of the molecule is CCNC(CSc1ccccn1)(C(=O)OC)C1CC1. The molecule has 1 atom stereocenters. The van der Waals surface area contributed by atoms with Crippen LogP contribution in [0.25, 0.3) is 0 Å². The summed E-state index contributed by atoms with van der Waals surface area (Å²) in [5, 5.41) is 4.30. The number of likely N-dealkylation sites (N-methyl/N-ethyl adjacent to an activating group) is 1. The van der Waals surface area contributed by atoms with Crippen molar-refractivity contribution in [2.75, 3.05) is 19.4 Å². The molecule has 1 aromatic rings. The molecule has 1 unspecified atom stereocenters. The van der Waals surface area contributed by atoms with Gasteiger partial charge in [0, 0.05) is 11.9 Å². The number of pyridine rings is 1. The smallest absolute Gasteiger partial charge is 0.327 e. The Labute approximate surface area is 118 Å². The van der Waals surface area contributed by atoms with Gasteiger partial charge in [-0.15, -0.1) is 11.8 Å². The molecule has 0 radical (unpaired) electrons. The van der Waals surface area contributed by atoms with Gasteiger partial charge in [-0.1, -0.05) is 13.0 Å². The minimum Gasteiger partial charge on any atom is -0.468 e. The number of thioether (sulfide) groups is 1. The molecular weight excluding hydrogens is 260 g/mol. The van der Waals surface area contributed by atoms with Crippen LogP contribution in [0.3, 0.4) is 0 Å². The van der Waals surface area contributed by atoms with Gasteiger partial charge in [-0.3, -0.25) is 4.79 Å². The number of carbonyl (C=O) groups excluding carboxylic acids is 1. The molecule has 1 fully saturated rings. The third kappa shape index (κ3) is 3.28. The standard InChI is InChI=1S/C14H20N2O2S/c1-3-16-14(11-7-8-11,13(17)18-2)10-19-12-6-4-5-9-15-12/h4-6,9,11,16H,3,7-8,10H2,1-2H3. The van der Waals surface area contributed by atoms with E-state index in [0.29, 0.717) is 11.7 Å². The van der Waals surface area contributed by atoms with Crippen molar-refractivity contribution < 1.29 is 9.53 Å². The summed E-state index contributed by atoms with van der Waals surface area (Å²) in [5.74, 6) is 0.895. The van der Waals surface area contributed by atoms with Gasteiger partial charge in [0.25, 0.3) is 0 Å². The zero-order chi connectivity index (χ0) is 13.7. The van der Waals surface area contributed by atoms with Gasteiger partial charge in [0.1, 0.15) is 5.54 Å². The maximum Gasteiger partial charge on any atom is 0.327 e. The Morgan fingerprint density at radius 2 is 2.37 bits per heavy atom. The summed E-state index contributed by atoms with van der Waals surface area (Å²) < 4.78 is 5.02. The molecule has 4 nitrogen and oxygen atoms in total. The number of ether oxygens (including phenoxy) is 1. The van der Waals surface area contributed by atoms with E-state index < -0.39 is 5.54 Å². The molecule has 1 saturated carbocycles. The molecule has 19 heavy (non-hydrogen) atoms. The third-order valence-electron chi connectivity index (χ3n) is 3.40. The fourth-order valence-corrected chi connectivity index (χ4v) is 3.45. The number of carbonyl (C=O) groups is 1. The van der Waals surface area contributed by atoms with E-state index >= 15 is 0 Å². The predicted octanol–water partition coefficient (Wildman–Crippen LogP) is 2.10. The average molecular weight is 280 g/mol. The molecule has 1 heterocycles. The first-order valence-electron chi connectivity index (χ1n) is 6.60. The van der Waals surface area contributed by atoms with E-state index in [1.165, 1.54) is 7.11 Å². The van der Waals surface area contributed by atoms with Gasteiger partial charge in [0.15, 0.2) is 0 Å². The molecule has 0 amide bonds. The van der Waals surface area contributed by atoms with Crippen LogP contribution < -0.4 is 5.32 Å². The number of aromatic nitrogens is 1. The van der Waals surface area contributed by atoms with E-state index in [1.54, 1.807) is 18.0 Å². The Morgan fingerprint density at radius 3 is 2.89 bits per heavy atom. The van der Waals surface area contributed by atoms with Crippen molar-refractivity contribution in [2.24, 2.45) is 5.92 Å². The predicted molar refractivity (Wildman–Crippen MR) is 76.1 cm³/mol. The summed E-state index contributed by atoms with van der Waals surface area (Å²) in [7, 11) is 1.46. The van der Waals surface area contributed by atoms with Crippen LogP contribution in [0.1, 0.15) is 19.8 Å². The Hall–Kier alpha value is -1.07. The highest BCUT2D eigenvalue weighted by Gasteiger charge is 2.51. The minimum absolute atomic E-state index is 0.153. The second kappa shape index (κ2) is 6.39. The molecule has 1 aromatic heterocycles. The molecular formula is C14H20N2O2S. The van der Waals surface area contributed by atoms with Crippen molar-refractivity contribution in [3.05, 3.63) is 24.4 Å². The van der Waals surface area contributed by atoms with Gasteiger partial charge in [-0.05, 0) is 37.4 Å². The van der Waals surface area contributed by atoms with Gasteiger partial charge in [-0.2, -0.15) is 0 Å². The normalized spacial score (nSPS) is 17.8. The Bertz CT molecular complexity index is 423. The van der Waals surface area contributed by atoms with Gasteiger partial charge >= 0.3 is 5.97 Å². The highest BCUT2D eigenvalue weighted by Crippen LogP contribution is 2.42. The zero-order valence-electron chi connectivity index (χ0n) is 11.4. The number of rotatable bonds is 7. The lowest BCUT2D eigenvalue weighted by molar-refractivity contribution is -0.148. The second-order valence-electron chi connectivity index (χ2n) is 4.72. The van der Waals surface area contributed by atoms with Crippen molar-refractivity contribution >= 4 is 17.7 Å². The molecule has 2 rings (SSSR count). The van der Waals surface area contributed by atoms with Gasteiger partial charge < -0.3 is 10.1 Å². The molecule has 0 saturated heterocycles. The van der Waals surface area contributed by atoms with Gasteiger partial charge in [-0.25, -0.2) is 4.98 Å². The summed E-state index contributed by atoms with van der Waals surface area (Å²) in [6, 6.07) is 5.81. The molecule has 1 aliphatic rings. The molecule has 0 spiro atoms. The van der Waals surface area contributed by atoms with Crippen LogP contribution >= 0.6 is 11.8 Å².